The molecule has 0 bridgehead atoms. The summed E-state index contributed by atoms with van der Waals surface area (Å²) >= 11 is 0. The summed E-state index contributed by atoms with van der Waals surface area (Å²) in [6.45, 7) is 8.93. The minimum atomic E-state index is -0.908. The fourth-order valence-corrected chi connectivity index (χ4v) is 7.26. The molecular formula is C39H49N9O6. The van der Waals surface area contributed by atoms with Crippen LogP contribution in [0.1, 0.15) is 88.4 Å². The molecule has 0 aliphatic carbocycles. The predicted molar refractivity (Wildman–Crippen MR) is 201 cm³/mol. The summed E-state index contributed by atoms with van der Waals surface area (Å²) in [5, 5.41) is 16.8. The number of hydrogen-bond donors (Lipinski definition) is 5. The molecule has 15 nitrogen and oxygen atoms in total. The topological polar surface area (TPSA) is 191 Å². The van der Waals surface area contributed by atoms with Crippen molar-refractivity contribution < 1.29 is 29.0 Å². The Kier molecular flexibility index (Phi) is 11.8. The van der Waals surface area contributed by atoms with Crippen LogP contribution in [0.3, 0.4) is 0 Å². The Morgan fingerprint density at radius 3 is 2.31 bits per heavy atom. The Balaban J connectivity index is 1.12. The van der Waals surface area contributed by atoms with Crippen molar-refractivity contribution in [3.05, 3.63) is 65.6 Å². The molecular weight excluding hydrogens is 690 g/mol. The molecule has 2 fully saturated rings. The smallest absolute Gasteiger partial charge is 0.407 e. The highest BCUT2D eigenvalue weighted by molar-refractivity contribution is 5.86. The molecule has 0 radical (unpaired) electrons. The van der Waals surface area contributed by atoms with Gasteiger partial charge in [0, 0.05) is 30.4 Å². The number of carbonyl (C=O) groups is 3. The van der Waals surface area contributed by atoms with E-state index in [2.05, 4.69) is 42.4 Å². The Morgan fingerprint density at radius 1 is 0.870 bits per heavy atom. The Labute approximate surface area is 314 Å². The Morgan fingerprint density at radius 2 is 1.61 bits per heavy atom. The van der Waals surface area contributed by atoms with Gasteiger partial charge in [-0.2, -0.15) is 0 Å². The van der Waals surface area contributed by atoms with Crippen molar-refractivity contribution >= 4 is 29.1 Å². The predicted octanol–water partition coefficient (Wildman–Crippen LogP) is 4.63. The molecule has 0 spiro atoms. The summed E-state index contributed by atoms with van der Waals surface area (Å²) in [5.41, 5.74) is 4.65. The van der Waals surface area contributed by atoms with Crippen molar-refractivity contribution in [2.45, 2.75) is 83.8 Å². The first-order valence-corrected chi connectivity index (χ1v) is 18.4. The number of nitrogens with one attached hydrogen (secondary N) is 4. The second-order valence-electron chi connectivity index (χ2n) is 14.5. The Bertz CT molecular complexity index is 2010. The molecule has 0 saturated carbocycles. The molecule has 286 valence electrons. The summed E-state index contributed by atoms with van der Waals surface area (Å²) in [5.74, 6) is 7.50. The molecule has 2 saturated heterocycles. The fourth-order valence-electron chi connectivity index (χ4n) is 7.26. The number of fused-ring (bicyclic) bond motifs is 1. The number of aliphatic hydroxyl groups excluding tert-OH is 1. The van der Waals surface area contributed by atoms with E-state index in [-0.39, 0.29) is 29.8 Å². The highest BCUT2D eigenvalue weighted by Crippen LogP contribution is 2.35. The van der Waals surface area contributed by atoms with E-state index in [1.807, 2.05) is 62.9 Å². The Hall–Kier alpha value is -5.46. The summed E-state index contributed by atoms with van der Waals surface area (Å²) in [4.78, 5) is 62.0. The summed E-state index contributed by atoms with van der Waals surface area (Å²) in [7, 11) is 2.59. The van der Waals surface area contributed by atoms with E-state index in [0.717, 1.165) is 59.4 Å². The van der Waals surface area contributed by atoms with Crippen LogP contribution in [0.5, 0.6) is 0 Å². The molecule has 2 aliphatic rings. The fraction of sp³-hybridized carbons (Fsp3) is 0.487. The number of rotatable bonds is 10. The van der Waals surface area contributed by atoms with Gasteiger partial charge in [0.15, 0.2) is 0 Å². The maximum Gasteiger partial charge on any atom is 0.407 e. The van der Waals surface area contributed by atoms with Crippen molar-refractivity contribution in [1.82, 2.24) is 45.4 Å². The number of benzene rings is 1. The van der Waals surface area contributed by atoms with Gasteiger partial charge in [0.2, 0.25) is 5.91 Å². The minimum absolute atomic E-state index is 0.0179. The normalized spacial score (nSPS) is 19.0. The molecule has 5 atom stereocenters. The molecule has 2 aliphatic heterocycles. The molecule has 1 aromatic carbocycles. The number of hydrogen-bond acceptors (Lipinski definition) is 10. The first kappa shape index (κ1) is 38.3. The van der Waals surface area contributed by atoms with E-state index >= 15 is 0 Å². The number of imidazole rings is 2. The first-order chi connectivity index (χ1) is 26.0. The molecule has 5 heterocycles. The number of aromatic amines is 2. The van der Waals surface area contributed by atoms with Gasteiger partial charge in [-0.25, -0.2) is 24.5 Å². The number of pyridine rings is 1. The number of likely N-dealkylation sites (tertiary alicyclic amines) is 2. The summed E-state index contributed by atoms with van der Waals surface area (Å²) in [6, 6.07) is 8.01. The van der Waals surface area contributed by atoms with E-state index in [1.165, 1.54) is 14.2 Å². The van der Waals surface area contributed by atoms with Gasteiger partial charge < -0.3 is 40.1 Å². The van der Waals surface area contributed by atoms with Crippen LogP contribution in [-0.4, -0.2) is 104 Å². The highest BCUT2D eigenvalue weighted by Gasteiger charge is 2.39. The molecule has 4 aromatic rings. The molecule has 1 unspecified atom stereocenters. The van der Waals surface area contributed by atoms with Gasteiger partial charge >= 0.3 is 12.2 Å². The van der Waals surface area contributed by atoms with E-state index < -0.39 is 30.5 Å². The lowest BCUT2D eigenvalue weighted by molar-refractivity contribution is -0.135. The molecule has 15 heteroatoms. The molecule has 3 amide bonds. The number of aromatic nitrogens is 5. The van der Waals surface area contributed by atoms with Crippen LogP contribution >= 0.6 is 0 Å². The lowest BCUT2D eigenvalue weighted by Crippen LogP contribution is -2.54. The van der Waals surface area contributed by atoms with E-state index in [9.17, 15) is 19.5 Å². The second-order valence-corrected chi connectivity index (χ2v) is 14.5. The van der Waals surface area contributed by atoms with E-state index in [1.54, 1.807) is 17.3 Å². The number of amides is 3. The zero-order valence-electron chi connectivity index (χ0n) is 31.6. The quantitative estimate of drug-likeness (QED) is 0.143. The number of aliphatic hydroxyl groups is 1. The van der Waals surface area contributed by atoms with Gasteiger partial charge in [-0.05, 0) is 73.8 Å². The van der Waals surface area contributed by atoms with E-state index in [4.69, 9.17) is 14.5 Å². The van der Waals surface area contributed by atoms with Crippen LogP contribution in [0.4, 0.5) is 9.59 Å². The minimum Gasteiger partial charge on any atom is -0.453 e. The lowest BCUT2D eigenvalue weighted by Gasteiger charge is -2.35. The van der Waals surface area contributed by atoms with Crippen molar-refractivity contribution in [2.24, 2.45) is 11.8 Å². The second kappa shape index (κ2) is 16.7. The van der Waals surface area contributed by atoms with Crippen molar-refractivity contribution in [3.8, 4) is 23.1 Å². The van der Waals surface area contributed by atoms with Crippen LogP contribution in [-0.2, 0) is 14.3 Å². The summed E-state index contributed by atoms with van der Waals surface area (Å²) in [6.07, 6.45) is 4.67. The zero-order valence-corrected chi connectivity index (χ0v) is 31.6. The van der Waals surface area contributed by atoms with Crippen molar-refractivity contribution in [1.29, 1.82) is 0 Å². The van der Waals surface area contributed by atoms with Gasteiger partial charge in [0.05, 0.1) is 55.3 Å². The summed E-state index contributed by atoms with van der Waals surface area (Å²) < 4.78 is 9.53. The third kappa shape index (κ3) is 8.35. The molecule has 54 heavy (non-hydrogen) atoms. The number of carbonyl (C=O) groups excluding carboxylic acids is 3. The SMILES string of the molecule is COC(=O)N[C@@H](C(C)C)C(O)N1CCC[C@H]1c1nc2ccc(C#Cc3ccc(-c4cnc([C@@H]5CCCN5C(=O)[C@@H](NC(=O)OC)C(C)C)[nH]4)cn3)cc2[nH]1. The maximum absolute atomic E-state index is 13.5. The van der Waals surface area contributed by atoms with Crippen LogP contribution in [0.15, 0.2) is 42.7 Å². The molecule has 5 N–H and O–H groups in total. The standard InChI is InChI=1S/C39H49N9O6/c1-22(2)32(45-38(51)53-5)36(49)47-17-7-9-30(47)34-41-21-29(44-34)25-13-15-26(40-20-25)14-11-24-12-16-27-28(19-24)43-35(42-27)31-10-8-18-48(31)37(50)33(23(3)4)46-39(52)54-6/h12-13,15-16,19-23,30-33,37,50H,7-10,17-18H2,1-6H3,(H,41,44)(H,42,43)(H,45,51)(H,46,52)/t30-,31-,32-,33-,37?/m0/s1. The lowest BCUT2D eigenvalue weighted by atomic mass is 10.0. The molecule has 3 aromatic heterocycles. The van der Waals surface area contributed by atoms with Crippen LogP contribution < -0.4 is 10.6 Å². The van der Waals surface area contributed by atoms with E-state index in [0.29, 0.717) is 24.6 Å². The van der Waals surface area contributed by atoms with Gasteiger partial charge in [-0.1, -0.05) is 33.6 Å². The van der Waals surface area contributed by atoms with Gasteiger partial charge in [-0.15, -0.1) is 0 Å². The van der Waals surface area contributed by atoms with Crippen LogP contribution in [0.2, 0.25) is 0 Å². The first-order valence-electron chi connectivity index (χ1n) is 18.4. The molecule has 6 rings (SSSR count). The number of H-pyrrole nitrogens is 2. The van der Waals surface area contributed by atoms with Crippen LogP contribution in [0.25, 0.3) is 22.3 Å². The average molecular weight is 740 g/mol. The number of methoxy groups -OCH3 is 2. The highest BCUT2D eigenvalue weighted by atomic mass is 16.5. The van der Waals surface area contributed by atoms with Gasteiger partial charge in [0.25, 0.3) is 0 Å². The average Bonchev–Trinajstić information content (AvgIpc) is 4.00. The largest absolute Gasteiger partial charge is 0.453 e. The third-order valence-electron chi connectivity index (χ3n) is 10.2. The van der Waals surface area contributed by atoms with Crippen LogP contribution in [0, 0.1) is 23.7 Å². The van der Waals surface area contributed by atoms with Gasteiger partial charge in [0.1, 0.15) is 29.6 Å². The third-order valence-corrected chi connectivity index (χ3v) is 10.2. The number of nitrogens with zero attached hydrogens (tertiary/aromatic N) is 5. The number of alkyl carbamates (subject to hydrolysis) is 2. The van der Waals surface area contributed by atoms with Crippen molar-refractivity contribution in [2.75, 3.05) is 27.3 Å². The zero-order chi connectivity index (χ0) is 38.5. The maximum atomic E-state index is 13.5. The van der Waals surface area contributed by atoms with Crippen molar-refractivity contribution in [3.63, 3.8) is 0 Å². The number of ether oxygens (including phenoxy) is 2. The monoisotopic (exact) mass is 739 g/mol. The van der Waals surface area contributed by atoms with Gasteiger partial charge in [-0.3, -0.25) is 9.69 Å².